The summed E-state index contributed by atoms with van der Waals surface area (Å²) in [5.41, 5.74) is 5.53. The largest absolute Gasteiger partial charge is 0.493 e. The van der Waals surface area contributed by atoms with Crippen molar-refractivity contribution in [2.75, 3.05) is 19.0 Å². The second kappa shape index (κ2) is 8.96. The van der Waals surface area contributed by atoms with Crippen LogP contribution in [0.5, 0.6) is 17.2 Å². The molecule has 138 valence electrons. The molecule has 26 heavy (non-hydrogen) atoms. The maximum absolute atomic E-state index is 12.3. The Morgan fingerprint density at radius 3 is 2.62 bits per heavy atom. The van der Waals surface area contributed by atoms with Crippen molar-refractivity contribution in [2.24, 2.45) is 5.73 Å². The van der Waals surface area contributed by atoms with E-state index in [1.165, 1.54) is 13.2 Å². The molecule has 1 unspecified atom stereocenters. The van der Waals surface area contributed by atoms with E-state index in [0.29, 0.717) is 22.2 Å². The predicted octanol–water partition coefficient (Wildman–Crippen LogP) is 2.62. The number of primary amides is 1. The van der Waals surface area contributed by atoms with Crippen molar-refractivity contribution >= 4 is 29.1 Å². The number of nitrogens with one attached hydrogen (secondary N) is 1. The van der Waals surface area contributed by atoms with E-state index >= 15 is 0 Å². The van der Waals surface area contributed by atoms with E-state index < -0.39 is 12.0 Å². The number of anilines is 1. The number of ether oxygens (including phenoxy) is 3. The second-order valence-electron chi connectivity index (χ2n) is 5.33. The van der Waals surface area contributed by atoms with Gasteiger partial charge in [-0.15, -0.1) is 0 Å². The number of halogens is 1. The molecule has 0 saturated carbocycles. The molecule has 2 rings (SSSR count). The van der Waals surface area contributed by atoms with Gasteiger partial charge in [0.15, 0.2) is 24.2 Å². The summed E-state index contributed by atoms with van der Waals surface area (Å²) in [7, 11) is 1.46. The Hall–Kier alpha value is -2.93. The van der Waals surface area contributed by atoms with E-state index in [1.807, 2.05) is 0 Å². The Bertz CT molecular complexity index is 797. The summed E-state index contributed by atoms with van der Waals surface area (Å²) in [4.78, 5) is 23.2. The Labute approximate surface area is 156 Å². The molecule has 8 heteroatoms. The normalized spacial score (nSPS) is 11.3. The van der Waals surface area contributed by atoms with E-state index in [4.69, 9.17) is 31.5 Å². The highest BCUT2D eigenvalue weighted by atomic mass is 35.5. The van der Waals surface area contributed by atoms with Gasteiger partial charge in [0, 0.05) is 16.8 Å². The third-order valence-corrected chi connectivity index (χ3v) is 3.51. The molecule has 0 radical (unpaired) electrons. The Balaban J connectivity index is 2.05. The zero-order valence-electron chi connectivity index (χ0n) is 14.3. The molecule has 0 bridgehead atoms. The van der Waals surface area contributed by atoms with Crippen molar-refractivity contribution in [3.8, 4) is 17.2 Å². The van der Waals surface area contributed by atoms with Crippen molar-refractivity contribution < 1.29 is 23.8 Å². The Morgan fingerprint density at radius 1 is 1.19 bits per heavy atom. The van der Waals surface area contributed by atoms with E-state index in [-0.39, 0.29) is 18.3 Å². The maximum atomic E-state index is 12.3. The van der Waals surface area contributed by atoms with Crippen molar-refractivity contribution in [2.45, 2.75) is 13.0 Å². The lowest BCUT2D eigenvalue weighted by molar-refractivity contribution is -0.122. The SMILES string of the molecule is COc1ccc(NC(=O)C(C)Oc2cccc(Cl)c2)cc1OCC(N)=O. The van der Waals surface area contributed by atoms with Crippen LogP contribution >= 0.6 is 11.6 Å². The van der Waals surface area contributed by atoms with Crippen LogP contribution in [0.25, 0.3) is 0 Å². The molecule has 0 heterocycles. The van der Waals surface area contributed by atoms with E-state index in [0.717, 1.165) is 0 Å². The number of rotatable bonds is 8. The number of hydrogen-bond donors (Lipinski definition) is 2. The summed E-state index contributed by atoms with van der Waals surface area (Å²) in [6, 6.07) is 11.5. The van der Waals surface area contributed by atoms with Gasteiger partial charge in [-0.3, -0.25) is 9.59 Å². The Morgan fingerprint density at radius 2 is 1.96 bits per heavy atom. The fourth-order valence-electron chi connectivity index (χ4n) is 2.06. The first-order valence-corrected chi connectivity index (χ1v) is 8.09. The van der Waals surface area contributed by atoms with Gasteiger partial charge in [-0.2, -0.15) is 0 Å². The number of benzene rings is 2. The molecule has 3 N–H and O–H groups in total. The van der Waals surface area contributed by atoms with Crippen LogP contribution in [0.3, 0.4) is 0 Å². The average molecular weight is 379 g/mol. The zero-order chi connectivity index (χ0) is 19.1. The van der Waals surface area contributed by atoms with E-state index in [2.05, 4.69) is 5.32 Å². The molecular weight excluding hydrogens is 360 g/mol. The van der Waals surface area contributed by atoms with Gasteiger partial charge < -0.3 is 25.3 Å². The minimum Gasteiger partial charge on any atom is -0.493 e. The molecule has 2 amide bonds. The molecule has 0 aliphatic rings. The summed E-state index contributed by atoms with van der Waals surface area (Å²) >= 11 is 5.90. The smallest absolute Gasteiger partial charge is 0.265 e. The van der Waals surface area contributed by atoms with Crippen molar-refractivity contribution in [3.63, 3.8) is 0 Å². The van der Waals surface area contributed by atoms with Gasteiger partial charge in [0.05, 0.1) is 7.11 Å². The first kappa shape index (κ1) is 19.4. The van der Waals surface area contributed by atoms with Crippen LogP contribution in [0.15, 0.2) is 42.5 Å². The molecule has 0 aromatic heterocycles. The highest BCUT2D eigenvalue weighted by Gasteiger charge is 2.16. The predicted molar refractivity (Wildman–Crippen MR) is 97.9 cm³/mol. The molecule has 7 nitrogen and oxygen atoms in total. The molecule has 2 aromatic rings. The second-order valence-corrected chi connectivity index (χ2v) is 5.76. The van der Waals surface area contributed by atoms with E-state index in [9.17, 15) is 9.59 Å². The topological polar surface area (TPSA) is 99.9 Å². The van der Waals surface area contributed by atoms with Gasteiger partial charge in [-0.05, 0) is 37.3 Å². The lowest BCUT2D eigenvalue weighted by Gasteiger charge is -2.16. The van der Waals surface area contributed by atoms with Gasteiger partial charge in [0.2, 0.25) is 0 Å². The van der Waals surface area contributed by atoms with Gasteiger partial charge >= 0.3 is 0 Å². The van der Waals surface area contributed by atoms with Crippen LogP contribution in [0.4, 0.5) is 5.69 Å². The standard InChI is InChI=1S/C18H19ClN2O5/c1-11(26-14-5-3-4-12(19)8-14)18(23)21-13-6-7-15(24-2)16(9-13)25-10-17(20)22/h3-9,11H,10H2,1-2H3,(H2,20,22)(H,21,23). The first-order valence-electron chi connectivity index (χ1n) is 7.71. The fourth-order valence-corrected chi connectivity index (χ4v) is 2.24. The van der Waals surface area contributed by atoms with Crippen molar-refractivity contribution in [1.82, 2.24) is 0 Å². The zero-order valence-corrected chi connectivity index (χ0v) is 15.1. The minimum absolute atomic E-state index is 0.285. The average Bonchev–Trinajstić information content (AvgIpc) is 2.60. The van der Waals surface area contributed by atoms with Crippen LogP contribution in [0, 0.1) is 0 Å². The summed E-state index contributed by atoms with van der Waals surface area (Å²) < 4.78 is 16.0. The summed E-state index contributed by atoms with van der Waals surface area (Å²) in [5, 5.41) is 3.22. The summed E-state index contributed by atoms with van der Waals surface area (Å²) in [6.45, 7) is 1.31. The van der Waals surface area contributed by atoms with Gasteiger partial charge in [-0.1, -0.05) is 17.7 Å². The number of amides is 2. The molecule has 0 spiro atoms. The van der Waals surface area contributed by atoms with Gasteiger partial charge in [0.25, 0.3) is 11.8 Å². The molecule has 0 fully saturated rings. The van der Waals surface area contributed by atoms with Crippen molar-refractivity contribution in [3.05, 3.63) is 47.5 Å². The number of carbonyl (C=O) groups is 2. The van der Waals surface area contributed by atoms with Crippen LogP contribution in [0.2, 0.25) is 5.02 Å². The highest BCUT2D eigenvalue weighted by Crippen LogP contribution is 2.30. The van der Waals surface area contributed by atoms with Crippen LogP contribution in [0.1, 0.15) is 6.92 Å². The van der Waals surface area contributed by atoms with E-state index in [1.54, 1.807) is 43.3 Å². The van der Waals surface area contributed by atoms with Gasteiger partial charge in [0.1, 0.15) is 5.75 Å². The third-order valence-electron chi connectivity index (χ3n) is 3.28. The number of hydrogen-bond acceptors (Lipinski definition) is 5. The molecule has 0 saturated heterocycles. The number of carbonyl (C=O) groups excluding carboxylic acids is 2. The third kappa shape index (κ3) is 5.56. The maximum Gasteiger partial charge on any atom is 0.265 e. The number of methoxy groups -OCH3 is 1. The van der Waals surface area contributed by atoms with Crippen LogP contribution in [-0.2, 0) is 9.59 Å². The fraction of sp³-hybridized carbons (Fsp3) is 0.222. The van der Waals surface area contributed by atoms with Gasteiger partial charge in [-0.25, -0.2) is 0 Å². The summed E-state index contributed by atoms with van der Waals surface area (Å²) in [6.07, 6.45) is -0.759. The summed E-state index contributed by atoms with van der Waals surface area (Å²) in [5.74, 6) is 0.196. The molecule has 1 atom stereocenters. The monoisotopic (exact) mass is 378 g/mol. The number of nitrogens with two attached hydrogens (primary N) is 1. The molecular formula is C18H19ClN2O5. The van der Waals surface area contributed by atoms with Crippen molar-refractivity contribution in [1.29, 1.82) is 0 Å². The molecule has 0 aliphatic carbocycles. The lowest BCUT2D eigenvalue weighted by atomic mass is 10.2. The molecule has 2 aromatic carbocycles. The van der Waals surface area contributed by atoms with Crippen LogP contribution in [-0.4, -0.2) is 31.6 Å². The Kier molecular flexibility index (Phi) is 6.68. The first-order chi connectivity index (χ1) is 12.4. The molecule has 0 aliphatic heterocycles. The lowest BCUT2D eigenvalue weighted by Crippen LogP contribution is -2.30. The quantitative estimate of drug-likeness (QED) is 0.735. The minimum atomic E-state index is -0.759. The van der Waals surface area contributed by atoms with Crippen LogP contribution < -0.4 is 25.3 Å². The highest BCUT2D eigenvalue weighted by molar-refractivity contribution is 6.30.